The van der Waals surface area contributed by atoms with Gasteiger partial charge in [-0.15, -0.1) is 0 Å². The van der Waals surface area contributed by atoms with E-state index < -0.39 is 0 Å². The highest BCUT2D eigenvalue weighted by atomic mass is 16.1. The number of nitrogens with two attached hydrogens (primary N) is 1. The molecule has 0 aromatic heterocycles. The number of hydrogen-bond donors (Lipinski definition) is 1. The smallest absolute Gasteiger partial charge is 0.137 e. The van der Waals surface area contributed by atoms with Crippen molar-refractivity contribution in [1.29, 1.82) is 0 Å². The van der Waals surface area contributed by atoms with E-state index in [0.717, 1.165) is 24.8 Å². The average Bonchev–Trinajstić information content (AvgIpc) is 2.29. The summed E-state index contributed by atoms with van der Waals surface area (Å²) in [5.74, 6) is 0.315. The first-order valence-corrected chi connectivity index (χ1v) is 6.47. The van der Waals surface area contributed by atoms with E-state index in [1.54, 1.807) is 0 Å². The van der Waals surface area contributed by atoms with Gasteiger partial charge in [0.05, 0.1) is 0 Å². The first kappa shape index (κ1) is 13.9. The minimum atomic E-state index is 0.201. The summed E-state index contributed by atoms with van der Waals surface area (Å²) in [6.07, 6.45) is 4.09. The van der Waals surface area contributed by atoms with Crippen molar-refractivity contribution in [2.24, 2.45) is 5.73 Å². The quantitative estimate of drug-likeness (QED) is 0.787. The van der Waals surface area contributed by atoms with E-state index in [4.69, 9.17) is 5.73 Å². The molecule has 0 aliphatic carbocycles. The summed E-state index contributed by atoms with van der Waals surface area (Å²) in [5, 5.41) is 0. The Morgan fingerprint density at radius 2 is 1.82 bits per heavy atom. The fourth-order valence-electron chi connectivity index (χ4n) is 1.83. The zero-order valence-corrected chi connectivity index (χ0v) is 10.9. The third-order valence-electron chi connectivity index (χ3n) is 2.95. The highest BCUT2D eigenvalue weighted by Crippen LogP contribution is 2.08. The molecule has 0 heterocycles. The van der Waals surface area contributed by atoms with Crippen molar-refractivity contribution < 1.29 is 4.79 Å². The fourth-order valence-corrected chi connectivity index (χ4v) is 1.83. The molecular formula is C15H23NO. The van der Waals surface area contributed by atoms with Gasteiger partial charge >= 0.3 is 0 Å². The van der Waals surface area contributed by atoms with Crippen LogP contribution in [-0.4, -0.2) is 11.8 Å². The van der Waals surface area contributed by atoms with Gasteiger partial charge in [0, 0.05) is 18.9 Å². The first-order chi connectivity index (χ1) is 8.11. The molecule has 2 heteroatoms. The summed E-state index contributed by atoms with van der Waals surface area (Å²) in [6.45, 7) is 4.11. The van der Waals surface area contributed by atoms with E-state index in [0.29, 0.717) is 18.6 Å². The number of carbonyl (C=O) groups is 1. The number of ketones is 1. The number of hydrogen-bond acceptors (Lipinski definition) is 2. The second kappa shape index (κ2) is 7.23. The van der Waals surface area contributed by atoms with Gasteiger partial charge in [-0.1, -0.05) is 31.2 Å². The molecular weight excluding hydrogens is 210 g/mol. The molecule has 0 aliphatic heterocycles. The molecule has 0 saturated heterocycles. The summed E-state index contributed by atoms with van der Waals surface area (Å²) in [7, 11) is 0. The fraction of sp³-hybridized carbons (Fsp3) is 0.533. The third-order valence-corrected chi connectivity index (χ3v) is 2.95. The maximum atomic E-state index is 11.7. The lowest BCUT2D eigenvalue weighted by molar-refractivity contribution is -0.118. The standard InChI is InChI=1S/C15H23NO/c1-3-13-7-9-14(10-8-13)11-15(17)6-4-5-12(2)16/h7-10,12H,3-6,11,16H2,1-2H3. The van der Waals surface area contributed by atoms with Gasteiger partial charge in [-0.3, -0.25) is 4.79 Å². The molecule has 94 valence electrons. The first-order valence-electron chi connectivity index (χ1n) is 6.47. The summed E-state index contributed by atoms with van der Waals surface area (Å²) < 4.78 is 0. The number of rotatable bonds is 7. The van der Waals surface area contributed by atoms with E-state index in [1.807, 2.05) is 6.92 Å². The summed E-state index contributed by atoms with van der Waals surface area (Å²) in [6, 6.07) is 8.52. The van der Waals surface area contributed by atoms with Crippen molar-refractivity contribution >= 4 is 5.78 Å². The lowest BCUT2D eigenvalue weighted by atomic mass is 10.0. The van der Waals surface area contributed by atoms with Crippen molar-refractivity contribution in [2.45, 2.75) is 52.0 Å². The highest BCUT2D eigenvalue weighted by Gasteiger charge is 2.04. The Labute approximate surface area is 104 Å². The Morgan fingerprint density at radius 1 is 1.24 bits per heavy atom. The van der Waals surface area contributed by atoms with Gasteiger partial charge in [-0.05, 0) is 37.3 Å². The second-order valence-corrected chi connectivity index (χ2v) is 4.76. The van der Waals surface area contributed by atoms with Crippen LogP contribution in [-0.2, 0) is 17.6 Å². The molecule has 1 atom stereocenters. The summed E-state index contributed by atoms with van der Waals surface area (Å²) >= 11 is 0. The topological polar surface area (TPSA) is 43.1 Å². The molecule has 0 aliphatic rings. The Morgan fingerprint density at radius 3 is 2.35 bits per heavy atom. The second-order valence-electron chi connectivity index (χ2n) is 4.76. The van der Waals surface area contributed by atoms with Crippen LogP contribution in [0.2, 0.25) is 0 Å². The molecule has 0 saturated carbocycles. The third kappa shape index (κ3) is 5.64. The molecule has 1 rings (SSSR count). The molecule has 0 spiro atoms. The lowest BCUT2D eigenvalue weighted by Gasteiger charge is -2.05. The Hall–Kier alpha value is -1.15. The minimum absolute atomic E-state index is 0.201. The van der Waals surface area contributed by atoms with Crippen LogP contribution in [0.1, 0.15) is 44.2 Å². The molecule has 0 fully saturated rings. The Bertz CT molecular complexity index is 340. The van der Waals surface area contributed by atoms with Crippen LogP contribution < -0.4 is 5.73 Å². The van der Waals surface area contributed by atoms with Crippen LogP contribution >= 0.6 is 0 Å². The van der Waals surface area contributed by atoms with Gasteiger partial charge in [-0.25, -0.2) is 0 Å². The van der Waals surface area contributed by atoms with Crippen molar-refractivity contribution in [3.8, 4) is 0 Å². The number of benzene rings is 1. The van der Waals surface area contributed by atoms with Crippen molar-refractivity contribution in [1.82, 2.24) is 0 Å². The molecule has 0 amide bonds. The zero-order valence-electron chi connectivity index (χ0n) is 10.9. The Kier molecular flexibility index (Phi) is 5.92. The molecule has 2 N–H and O–H groups in total. The van der Waals surface area contributed by atoms with Crippen LogP contribution in [0, 0.1) is 0 Å². The molecule has 0 bridgehead atoms. The van der Waals surface area contributed by atoms with E-state index in [-0.39, 0.29) is 6.04 Å². The van der Waals surface area contributed by atoms with Crippen LogP contribution in [0.25, 0.3) is 0 Å². The molecule has 1 aromatic carbocycles. The molecule has 1 unspecified atom stereocenters. The van der Waals surface area contributed by atoms with Crippen molar-refractivity contribution in [3.05, 3.63) is 35.4 Å². The lowest BCUT2D eigenvalue weighted by Crippen LogP contribution is -2.15. The maximum absolute atomic E-state index is 11.7. The van der Waals surface area contributed by atoms with Crippen LogP contribution in [0.5, 0.6) is 0 Å². The van der Waals surface area contributed by atoms with E-state index in [9.17, 15) is 4.79 Å². The van der Waals surface area contributed by atoms with Crippen LogP contribution in [0.4, 0.5) is 0 Å². The monoisotopic (exact) mass is 233 g/mol. The van der Waals surface area contributed by atoms with Gasteiger partial charge in [0.15, 0.2) is 0 Å². The van der Waals surface area contributed by atoms with E-state index in [2.05, 4.69) is 31.2 Å². The number of aryl methyl sites for hydroxylation is 1. The van der Waals surface area contributed by atoms with Crippen molar-refractivity contribution in [3.63, 3.8) is 0 Å². The molecule has 1 aromatic rings. The van der Waals surface area contributed by atoms with Gasteiger partial charge < -0.3 is 5.73 Å². The van der Waals surface area contributed by atoms with Gasteiger partial charge in [-0.2, -0.15) is 0 Å². The van der Waals surface area contributed by atoms with Crippen molar-refractivity contribution in [2.75, 3.05) is 0 Å². The van der Waals surface area contributed by atoms with E-state index in [1.165, 1.54) is 5.56 Å². The van der Waals surface area contributed by atoms with Crippen LogP contribution in [0.3, 0.4) is 0 Å². The predicted molar refractivity (Wildman–Crippen MR) is 72.0 cm³/mol. The normalized spacial score (nSPS) is 12.4. The maximum Gasteiger partial charge on any atom is 0.137 e. The van der Waals surface area contributed by atoms with E-state index >= 15 is 0 Å². The summed E-state index contributed by atoms with van der Waals surface area (Å²) in [5.41, 5.74) is 8.09. The Balaban J connectivity index is 2.34. The van der Waals surface area contributed by atoms with Gasteiger partial charge in [0.1, 0.15) is 5.78 Å². The van der Waals surface area contributed by atoms with Gasteiger partial charge in [0.2, 0.25) is 0 Å². The predicted octanol–water partition coefficient (Wildman–Crippen LogP) is 2.88. The zero-order chi connectivity index (χ0) is 12.7. The average molecular weight is 233 g/mol. The largest absolute Gasteiger partial charge is 0.328 e. The van der Waals surface area contributed by atoms with Gasteiger partial charge in [0.25, 0.3) is 0 Å². The molecule has 2 nitrogen and oxygen atoms in total. The number of carbonyl (C=O) groups excluding carboxylic acids is 1. The SMILES string of the molecule is CCc1ccc(CC(=O)CCCC(C)N)cc1. The molecule has 0 radical (unpaired) electrons. The highest BCUT2D eigenvalue weighted by molar-refractivity contribution is 5.80. The van der Waals surface area contributed by atoms with Crippen LogP contribution in [0.15, 0.2) is 24.3 Å². The number of Topliss-reactive ketones (excluding diaryl/α,β-unsaturated/α-hetero) is 1. The summed E-state index contributed by atoms with van der Waals surface area (Å²) in [4.78, 5) is 11.7. The molecule has 17 heavy (non-hydrogen) atoms. The minimum Gasteiger partial charge on any atom is -0.328 e.